The molecular formula is C18H30O15. The van der Waals surface area contributed by atoms with Crippen molar-refractivity contribution < 1.29 is 74.1 Å². The minimum Gasteiger partial charge on any atom is -0.479 e. The van der Waals surface area contributed by atoms with Crippen LogP contribution in [0.2, 0.25) is 0 Å². The van der Waals surface area contributed by atoms with E-state index in [4.69, 9.17) is 33.5 Å². The molecule has 3 saturated heterocycles. The van der Waals surface area contributed by atoms with Gasteiger partial charge in [0.15, 0.2) is 25.0 Å². The molecule has 0 spiro atoms. The molecule has 3 heterocycles. The first kappa shape index (κ1) is 26.6. The van der Waals surface area contributed by atoms with Crippen LogP contribution in [0.15, 0.2) is 0 Å². The van der Waals surface area contributed by atoms with Gasteiger partial charge in [0, 0.05) is 7.11 Å². The van der Waals surface area contributed by atoms with E-state index < -0.39 is 98.6 Å². The van der Waals surface area contributed by atoms with Gasteiger partial charge >= 0.3 is 5.97 Å². The highest BCUT2D eigenvalue weighted by Gasteiger charge is 2.55. The molecule has 0 radical (unpaired) electrons. The first-order valence-corrected chi connectivity index (χ1v) is 10.2. The lowest BCUT2D eigenvalue weighted by Crippen LogP contribution is -2.62. The number of carboxylic acids is 1. The quantitative estimate of drug-likeness (QED) is 0.168. The fourth-order valence-corrected chi connectivity index (χ4v) is 3.80. The van der Waals surface area contributed by atoms with Crippen LogP contribution >= 0.6 is 0 Å². The Morgan fingerprint density at radius 1 is 0.939 bits per heavy atom. The topological polar surface area (TPSA) is 234 Å². The van der Waals surface area contributed by atoms with Crippen LogP contribution in [0.1, 0.15) is 6.92 Å². The van der Waals surface area contributed by atoms with Crippen molar-refractivity contribution in [2.45, 2.75) is 86.3 Å². The number of methoxy groups -OCH3 is 1. The second kappa shape index (κ2) is 10.3. The number of rotatable bonds is 7. The molecule has 3 aliphatic rings. The monoisotopic (exact) mass is 486 g/mol. The van der Waals surface area contributed by atoms with E-state index in [1.807, 2.05) is 0 Å². The molecule has 0 aliphatic carbocycles. The van der Waals surface area contributed by atoms with Gasteiger partial charge in [0.25, 0.3) is 0 Å². The zero-order chi connectivity index (χ0) is 24.7. The van der Waals surface area contributed by atoms with Crippen molar-refractivity contribution in [3.05, 3.63) is 0 Å². The average molecular weight is 486 g/mol. The van der Waals surface area contributed by atoms with E-state index in [-0.39, 0.29) is 0 Å². The fraction of sp³-hybridized carbons (Fsp3) is 0.944. The molecule has 15 heteroatoms. The minimum absolute atomic E-state index is 0.524. The summed E-state index contributed by atoms with van der Waals surface area (Å²) in [7, 11) is 1.14. The summed E-state index contributed by atoms with van der Waals surface area (Å²) in [5, 5.41) is 80.2. The van der Waals surface area contributed by atoms with Crippen LogP contribution in [0.3, 0.4) is 0 Å². The van der Waals surface area contributed by atoms with Crippen LogP contribution in [0, 0.1) is 0 Å². The summed E-state index contributed by atoms with van der Waals surface area (Å²) in [5.41, 5.74) is -2.08. The standard InChI is InChI=1S/C18H30O15/c1-5-6(19)7(20)10(23)15(31-5)29-3-18(27)4-30-17(13(18)24)33-12-9(22)8(21)11(14(25)26)32-16(12)28-2/h5-13,15-17,19-24,27H,3-4H2,1-2H3,(H,25,26)/t5-,6-,7+,8+,9-,10+,11-,12+,13-,15-,16-,17-,18-/m0/s1. The van der Waals surface area contributed by atoms with Crippen molar-refractivity contribution in [2.24, 2.45) is 0 Å². The van der Waals surface area contributed by atoms with Crippen molar-refractivity contribution in [1.82, 2.24) is 0 Å². The lowest BCUT2D eigenvalue weighted by Gasteiger charge is -2.41. The molecule has 192 valence electrons. The maximum Gasteiger partial charge on any atom is 0.335 e. The Morgan fingerprint density at radius 2 is 1.61 bits per heavy atom. The predicted octanol–water partition coefficient (Wildman–Crippen LogP) is -5.16. The molecule has 3 aliphatic heterocycles. The third kappa shape index (κ3) is 5.15. The van der Waals surface area contributed by atoms with E-state index in [1.54, 1.807) is 0 Å². The van der Waals surface area contributed by atoms with Crippen LogP contribution in [0.25, 0.3) is 0 Å². The molecule has 0 aromatic carbocycles. The van der Waals surface area contributed by atoms with Crippen LogP contribution in [0.5, 0.6) is 0 Å². The molecule has 0 saturated carbocycles. The van der Waals surface area contributed by atoms with Gasteiger partial charge in [-0.05, 0) is 6.92 Å². The summed E-state index contributed by atoms with van der Waals surface area (Å²) in [6.07, 6.45) is -18.6. The molecule has 0 aromatic heterocycles. The Morgan fingerprint density at radius 3 is 2.21 bits per heavy atom. The Labute approximate surface area is 187 Å². The SMILES string of the molecule is CO[C@H]1O[C@H](C(=O)O)[C@H](O)[C@H](O)[C@H]1O[C@@H]1OC[C@@](O)(CO[C@H]2O[C@@H](C)[C@H](O)[C@@H](O)[C@H]2O)[C@H]1O. The fourth-order valence-electron chi connectivity index (χ4n) is 3.80. The predicted molar refractivity (Wildman–Crippen MR) is 99.2 cm³/mol. The second-order valence-corrected chi connectivity index (χ2v) is 8.30. The average Bonchev–Trinajstić information content (AvgIpc) is 3.05. The molecule has 33 heavy (non-hydrogen) atoms. The molecule has 15 nitrogen and oxygen atoms in total. The van der Waals surface area contributed by atoms with Crippen LogP contribution in [-0.4, -0.2) is 147 Å². The Hall–Kier alpha value is -1.05. The van der Waals surface area contributed by atoms with E-state index in [0.717, 1.165) is 7.11 Å². The minimum atomic E-state index is -2.08. The summed E-state index contributed by atoms with van der Waals surface area (Å²) >= 11 is 0. The largest absolute Gasteiger partial charge is 0.479 e. The number of carbonyl (C=O) groups is 1. The lowest BCUT2D eigenvalue weighted by molar-refractivity contribution is -0.326. The molecule has 13 atom stereocenters. The van der Waals surface area contributed by atoms with Crippen molar-refractivity contribution >= 4 is 5.97 Å². The van der Waals surface area contributed by atoms with Crippen molar-refractivity contribution in [3.63, 3.8) is 0 Å². The van der Waals surface area contributed by atoms with Gasteiger partial charge in [0.1, 0.15) is 48.3 Å². The van der Waals surface area contributed by atoms with E-state index >= 15 is 0 Å². The molecule has 8 N–H and O–H groups in total. The Balaban J connectivity index is 1.62. The maximum absolute atomic E-state index is 11.2. The van der Waals surface area contributed by atoms with E-state index in [9.17, 15) is 40.5 Å². The van der Waals surface area contributed by atoms with Crippen molar-refractivity contribution in [1.29, 1.82) is 0 Å². The van der Waals surface area contributed by atoms with Gasteiger partial charge in [-0.1, -0.05) is 0 Å². The molecule has 0 amide bonds. The van der Waals surface area contributed by atoms with Crippen molar-refractivity contribution in [2.75, 3.05) is 20.3 Å². The van der Waals surface area contributed by atoms with E-state index in [1.165, 1.54) is 6.92 Å². The number of ether oxygens (including phenoxy) is 6. The molecule has 0 unspecified atom stereocenters. The highest BCUT2D eigenvalue weighted by Crippen LogP contribution is 2.32. The second-order valence-electron chi connectivity index (χ2n) is 8.30. The maximum atomic E-state index is 11.2. The summed E-state index contributed by atoms with van der Waals surface area (Å²) in [4.78, 5) is 11.2. The van der Waals surface area contributed by atoms with Crippen molar-refractivity contribution in [3.8, 4) is 0 Å². The van der Waals surface area contributed by atoms with Crippen LogP contribution < -0.4 is 0 Å². The third-order valence-electron chi connectivity index (χ3n) is 5.92. The Bertz CT molecular complexity index is 677. The summed E-state index contributed by atoms with van der Waals surface area (Å²) in [5.74, 6) is -1.54. The third-order valence-corrected chi connectivity index (χ3v) is 5.92. The van der Waals surface area contributed by atoms with E-state index in [0.29, 0.717) is 0 Å². The number of carboxylic acid groups (broad SMARTS) is 1. The first-order valence-electron chi connectivity index (χ1n) is 10.2. The van der Waals surface area contributed by atoms with Gasteiger partial charge < -0.3 is 69.3 Å². The number of hydrogen-bond donors (Lipinski definition) is 8. The number of hydrogen-bond acceptors (Lipinski definition) is 14. The molecule has 3 rings (SSSR count). The molecular weight excluding hydrogens is 456 g/mol. The smallest absolute Gasteiger partial charge is 0.335 e. The zero-order valence-electron chi connectivity index (χ0n) is 17.8. The highest BCUT2D eigenvalue weighted by molar-refractivity contribution is 5.73. The summed E-state index contributed by atoms with van der Waals surface area (Å²) in [6, 6.07) is 0. The number of aliphatic hydroxyl groups is 7. The normalized spacial score (nSPS) is 50.9. The summed E-state index contributed by atoms with van der Waals surface area (Å²) in [6.45, 7) is 0.270. The van der Waals surface area contributed by atoms with Gasteiger partial charge in [-0.15, -0.1) is 0 Å². The molecule has 0 aromatic rings. The first-order chi connectivity index (χ1) is 15.4. The van der Waals surface area contributed by atoms with Gasteiger partial charge in [0.2, 0.25) is 0 Å². The van der Waals surface area contributed by atoms with Gasteiger partial charge in [-0.3, -0.25) is 0 Å². The Kier molecular flexibility index (Phi) is 8.28. The number of aliphatic hydroxyl groups excluding tert-OH is 6. The van der Waals surface area contributed by atoms with Crippen LogP contribution in [-0.2, 0) is 33.2 Å². The van der Waals surface area contributed by atoms with Gasteiger partial charge in [-0.2, -0.15) is 0 Å². The number of aliphatic carboxylic acids is 1. The molecule has 0 bridgehead atoms. The van der Waals surface area contributed by atoms with Gasteiger partial charge in [-0.25, -0.2) is 4.79 Å². The summed E-state index contributed by atoms with van der Waals surface area (Å²) < 4.78 is 31.3. The zero-order valence-corrected chi connectivity index (χ0v) is 17.8. The van der Waals surface area contributed by atoms with Crippen LogP contribution in [0.4, 0.5) is 0 Å². The molecule has 3 fully saturated rings. The highest BCUT2D eigenvalue weighted by atomic mass is 16.8. The lowest BCUT2D eigenvalue weighted by atomic mass is 9.97. The van der Waals surface area contributed by atoms with E-state index in [2.05, 4.69) is 0 Å². The van der Waals surface area contributed by atoms with Gasteiger partial charge in [0.05, 0.1) is 19.3 Å².